The van der Waals surface area contributed by atoms with Crippen molar-refractivity contribution in [2.45, 2.75) is 26.4 Å². The number of nitrogens with two attached hydrogens (primary N) is 1. The largest absolute Gasteiger partial charge is 0.478 e. The molecule has 24 heavy (non-hydrogen) atoms. The third-order valence-electron chi connectivity index (χ3n) is 4.52. The molecule has 4 heteroatoms. The highest BCUT2D eigenvalue weighted by Gasteiger charge is 2.34. The molecule has 0 saturated carbocycles. The van der Waals surface area contributed by atoms with E-state index in [1.54, 1.807) is 23.1 Å². The highest BCUT2D eigenvalue weighted by Crippen LogP contribution is 2.36. The number of anilines is 2. The molecular weight excluding hydrogens is 300 g/mol. The van der Waals surface area contributed by atoms with Gasteiger partial charge in [0.2, 0.25) is 0 Å². The average molecular weight is 322 g/mol. The van der Waals surface area contributed by atoms with Crippen LogP contribution in [0.15, 0.2) is 49.1 Å². The number of amides is 1. The molecule has 2 aromatic rings. The number of aryl methyl sites for hydroxylation is 1. The SMILES string of the molecule is C=CCN1C(=O)C(Cc2cccc(C)c2C)Oc2ccc(N)cc21. The summed E-state index contributed by atoms with van der Waals surface area (Å²) in [6, 6.07) is 11.5. The van der Waals surface area contributed by atoms with Crippen LogP contribution in [-0.2, 0) is 11.2 Å². The summed E-state index contributed by atoms with van der Waals surface area (Å²) in [5, 5.41) is 0. The number of nitrogen functional groups attached to an aromatic ring is 1. The van der Waals surface area contributed by atoms with Crippen molar-refractivity contribution in [1.29, 1.82) is 0 Å². The molecule has 1 atom stereocenters. The van der Waals surface area contributed by atoms with E-state index in [0.29, 0.717) is 30.1 Å². The molecule has 2 aromatic carbocycles. The van der Waals surface area contributed by atoms with Gasteiger partial charge in [-0.05, 0) is 48.7 Å². The van der Waals surface area contributed by atoms with Crippen LogP contribution in [0.2, 0.25) is 0 Å². The smallest absolute Gasteiger partial charge is 0.268 e. The van der Waals surface area contributed by atoms with Crippen LogP contribution >= 0.6 is 0 Å². The molecule has 1 aliphatic rings. The van der Waals surface area contributed by atoms with Crippen LogP contribution in [0.1, 0.15) is 16.7 Å². The maximum absolute atomic E-state index is 12.9. The van der Waals surface area contributed by atoms with Gasteiger partial charge in [0.15, 0.2) is 6.10 Å². The topological polar surface area (TPSA) is 55.6 Å². The summed E-state index contributed by atoms with van der Waals surface area (Å²) in [6.07, 6.45) is 1.72. The number of benzene rings is 2. The monoisotopic (exact) mass is 322 g/mol. The maximum Gasteiger partial charge on any atom is 0.268 e. The third kappa shape index (κ3) is 2.87. The molecule has 0 fully saturated rings. The van der Waals surface area contributed by atoms with Gasteiger partial charge in [-0.2, -0.15) is 0 Å². The van der Waals surface area contributed by atoms with Gasteiger partial charge in [0.1, 0.15) is 5.75 Å². The summed E-state index contributed by atoms with van der Waals surface area (Å²) < 4.78 is 5.99. The van der Waals surface area contributed by atoms with Gasteiger partial charge in [-0.3, -0.25) is 4.79 Å². The number of hydrogen-bond donors (Lipinski definition) is 1. The summed E-state index contributed by atoms with van der Waals surface area (Å²) in [6.45, 7) is 8.34. The normalized spacial score (nSPS) is 16.5. The van der Waals surface area contributed by atoms with E-state index in [9.17, 15) is 4.79 Å². The molecule has 0 saturated heterocycles. The number of ether oxygens (including phenoxy) is 1. The number of carbonyl (C=O) groups is 1. The molecule has 0 aromatic heterocycles. The second kappa shape index (κ2) is 6.40. The molecule has 124 valence electrons. The van der Waals surface area contributed by atoms with Crippen molar-refractivity contribution >= 4 is 17.3 Å². The molecule has 1 unspecified atom stereocenters. The molecule has 0 aliphatic carbocycles. The van der Waals surface area contributed by atoms with Crippen LogP contribution in [0.3, 0.4) is 0 Å². The summed E-state index contributed by atoms with van der Waals surface area (Å²) in [5.74, 6) is 0.620. The zero-order chi connectivity index (χ0) is 17.3. The van der Waals surface area contributed by atoms with Gasteiger partial charge in [-0.15, -0.1) is 6.58 Å². The Morgan fingerprint density at radius 2 is 2.08 bits per heavy atom. The Balaban J connectivity index is 1.95. The van der Waals surface area contributed by atoms with E-state index >= 15 is 0 Å². The van der Waals surface area contributed by atoms with Crippen LogP contribution in [0.4, 0.5) is 11.4 Å². The first-order valence-corrected chi connectivity index (χ1v) is 8.05. The fourth-order valence-electron chi connectivity index (χ4n) is 3.02. The Morgan fingerprint density at radius 1 is 1.29 bits per heavy atom. The lowest BCUT2D eigenvalue weighted by Crippen LogP contribution is -2.47. The summed E-state index contributed by atoms with van der Waals surface area (Å²) in [7, 11) is 0. The van der Waals surface area contributed by atoms with Crippen LogP contribution in [0, 0.1) is 13.8 Å². The zero-order valence-corrected chi connectivity index (χ0v) is 14.1. The lowest BCUT2D eigenvalue weighted by molar-refractivity contribution is -0.126. The second-order valence-corrected chi connectivity index (χ2v) is 6.13. The Labute approximate surface area is 142 Å². The summed E-state index contributed by atoms with van der Waals surface area (Å²) >= 11 is 0. The number of nitrogens with zero attached hydrogens (tertiary/aromatic N) is 1. The molecule has 1 aliphatic heterocycles. The van der Waals surface area contributed by atoms with Gasteiger partial charge < -0.3 is 15.4 Å². The van der Waals surface area contributed by atoms with Gasteiger partial charge >= 0.3 is 0 Å². The first-order valence-electron chi connectivity index (χ1n) is 8.05. The summed E-state index contributed by atoms with van der Waals surface area (Å²) in [4.78, 5) is 14.6. The number of hydrogen-bond acceptors (Lipinski definition) is 3. The van der Waals surface area contributed by atoms with Crippen molar-refractivity contribution in [2.24, 2.45) is 0 Å². The van der Waals surface area contributed by atoms with E-state index in [-0.39, 0.29) is 5.91 Å². The third-order valence-corrected chi connectivity index (χ3v) is 4.52. The van der Waals surface area contributed by atoms with Crippen molar-refractivity contribution < 1.29 is 9.53 Å². The van der Waals surface area contributed by atoms with E-state index in [2.05, 4.69) is 32.6 Å². The molecule has 1 heterocycles. The highest BCUT2D eigenvalue weighted by molar-refractivity contribution is 6.00. The van der Waals surface area contributed by atoms with E-state index in [1.165, 1.54) is 11.1 Å². The van der Waals surface area contributed by atoms with Crippen molar-refractivity contribution in [3.05, 3.63) is 65.7 Å². The maximum atomic E-state index is 12.9. The fraction of sp³-hybridized carbons (Fsp3) is 0.250. The standard InChI is InChI=1S/C20H22N2O2/c1-4-10-22-17-12-16(21)8-9-18(17)24-19(20(22)23)11-15-7-5-6-13(2)14(15)3/h4-9,12,19H,1,10-11,21H2,2-3H3. The first-order chi connectivity index (χ1) is 11.5. The van der Waals surface area contributed by atoms with Crippen LogP contribution in [-0.4, -0.2) is 18.6 Å². The minimum atomic E-state index is -0.540. The fourth-order valence-corrected chi connectivity index (χ4v) is 3.02. The van der Waals surface area contributed by atoms with Gasteiger partial charge in [0, 0.05) is 18.7 Å². The molecule has 4 nitrogen and oxygen atoms in total. The zero-order valence-electron chi connectivity index (χ0n) is 14.1. The lowest BCUT2D eigenvalue weighted by Gasteiger charge is -2.34. The number of rotatable bonds is 4. The molecule has 0 bridgehead atoms. The van der Waals surface area contributed by atoms with E-state index in [4.69, 9.17) is 10.5 Å². The molecule has 0 spiro atoms. The van der Waals surface area contributed by atoms with E-state index in [1.807, 2.05) is 12.1 Å². The Bertz CT molecular complexity index is 798. The Morgan fingerprint density at radius 3 is 2.83 bits per heavy atom. The van der Waals surface area contributed by atoms with E-state index in [0.717, 1.165) is 5.56 Å². The Hall–Kier alpha value is -2.75. The second-order valence-electron chi connectivity index (χ2n) is 6.13. The molecule has 1 amide bonds. The molecular formula is C20H22N2O2. The molecule has 3 rings (SSSR count). The predicted molar refractivity (Wildman–Crippen MR) is 97.4 cm³/mol. The van der Waals surface area contributed by atoms with Gasteiger partial charge in [0.05, 0.1) is 5.69 Å². The van der Waals surface area contributed by atoms with E-state index < -0.39 is 6.10 Å². The van der Waals surface area contributed by atoms with Crippen molar-refractivity contribution in [3.63, 3.8) is 0 Å². The predicted octanol–water partition coefficient (Wildman–Crippen LogP) is 3.41. The van der Waals surface area contributed by atoms with Gasteiger partial charge in [-0.25, -0.2) is 0 Å². The minimum Gasteiger partial charge on any atom is -0.478 e. The van der Waals surface area contributed by atoms with Crippen LogP contribution in [0.25, 0.3) is 0 Å². The summed E-state index contributed by atoms with van der Waals surface area (Å²) in [5.41, 5.74) is 10.7. The van der Waals surface area contributed by atoms with Crippen molar-refractivity contribution in [1.82, 2.24) is 0 Å². The van der Waals surface area contributed by atoms with Gasteiger partial charge in [-0.1, -0.05) is 24.3 Å². The first kappa shape index (κ1) is 16.1. The van der Waals surface area contributed by atoms with Crippen molar-refractivity contribution in [3.8, 4) is 5.75 Å². The average Bonchev–Trinajstić information content (AvgIpc) is 2.56. The number of fused-ring (bicyclic) bond motifs is 1. The molecule has 2 N–H and O–H groups in total. The van der Waals surface area contributed by atoms with Crippen LogP contribution < -0.4 is 15.4 Å². The minimum absolute atomic E-state index is 0.0612. The molecule has 0 radical (unpaired) electrons. The number of carbonyl (C=O) groups excluding carboxylic acids is 1. The quantitative estimate of drug-likeness (QED) is 0.693. The lowest BCUT2D eigenvalue weighted by atomic mass is 9.97. The van der Waals surface area contributed by atoms with Crippen LogP contribution in [0.5, 0.6) is 5.75 Å². The van der Waals surface area contributed by atoms with Crippen molar-refractivity contribution in [2.75, 3.05) is 17.2 Å². The Kier molecular flexibility index (Phi) is 4.30. The van der Waals surface area contributed by atoms with Gasteiger partial charge in [0.25, 0.3) is 5.91 Å². The highest BCUT2D eigenvalue weighted by atomic mass is 16.5.